The Labute approximate surface area is 199 Å². The highest BCUT2D eigenvalue weighted by atomic mass is 127. The molecule has 1 aromatic carbocycles. The van der Waals surface area contributed by atoms with Gasteiger partial charge in [0, 0.05) is 32.6 Å². The maximum Gasteiger partial charge on any atom is 0.223 e. The van der Waals surface area contributed by atoms with Crippen LogP contribution in [0.4, 0.5) is 0 Å². The van der Waals surface area contributed by atoms with Crippen LogP contribution in [-0.2, 0) is 23.5 Å². The molecule has 0 saturated heterocycles. The maximum absolute atomic E-state index is 12.5. The number of aliphatic imine (C=N–C) groups is 1. The van der Waals surface area contributed by atoms with Gasteiger partial charge in [0.05, 0.1) is 6.54 Å². The number of amides is 1. The topological polar surface area (TPSA) is 77.0 Å². The molecular formula is C22H31IN4O2S. The molecular weight excluding hydrogens is 511 g/mol. The molecule has 1 amide bonds. The number of hydrogen-bond donors (Lipinski definition) is 3. The molecule has 3 rings (SSSR count). The van der Waals surface area contributed by atoms with Crippen LogP contribution in [0.25, 0.3) is 0 Å². The number of benzene rings is 1. The van der Waals surface area contributed by atoms with E-state index < -0.39 is 5.60 Å². The lowest BCUT2D eigenvalue weighted by Gasteiger charge is -2.21. The molecule has 1 unspecified atom stereocenters. The minimum absolute atomic E-state index is 0. The van der Waals surface area contributed by atoms with Gasteiger partial charge in [0.25, 0.3) is 0 Å². The number of nitrogens with one attached hydrogen (secondary N) is 2. The molecule has 1 aliphatic rings. The fraction of sp³-hybridized carbons (Fsp3) is 0.455. The van der Waals surface area contributed by atoms with Crippen LogP contribution in [0.1, 0.15) is 43.4 Å². The van der Waals surface area contributed by atoms with Crippen molar-refractivity contribution < 1.29 is 9.90 Å². The van der Waals surface area contributed by atoms with E-state index in [0.29, 0.717) is 32.0 Å². The fourth-order valence-corrected chi connectivity index (χ4v) is 4.13. The second-order valence-corrected chi connectivity index (χ2v) is 8.31. The van der Waals surface area contributed by atoms with Gasteiger partial charge in [-0.05, 0) is 53.8 Å². The number of carbonyl (C=O) groups is 1. The standard InChI is InChI=1S/C22H30N4O2S.HI/c1-3-23-21(25-16-22(2,28)19-10-12-29-15-19)24-11-6-9-20(27)26-13-17-7-4-5-8-18(17)14-26;/h4-5,7-8,10,12,15,28H,3,6,9,11,13-14,16H2,1-2H3,(H2,23,24,25);1H. The normalized spacial score (nSPS) is 15.2. The van der Waals surface area contributed by atoms with Gasteiger partial charge < -0.3 is 20.6 Å². The SMILES string of the molecule is CCNC(=NCC(C)(O)c1ccsc1)NCCCC(=O)N1Cc2ccccc2C1.I. The number of guanidine groups is 1. The van der Waals surface area contributed by atoms with E-state index in [0.717, 1.165) is 18.5 Å². The van der Waals surface area contributed by atoms with Gasteiger partial charge in [-0.3, -0.25) is 4.79 Å². The summed E-state index contributed by atoms with van der Waals surface area (Å²) < 4.78 is 0. The molecule has 0 radical (unpaired) electrons. The largest absolute Gasteiger partial charge is 0.383 e. The minimum atomic E-state index is -0.997. The summed E-state index contributed by atoms with van der Waals surface area (Å²) in [5.41, 5.74) is 2.37. The number of nitrogens with zero attached hydrogens (tertiary/aromatic N) is 2. The first-order valence-corrected chi connectivity index (χ1v) is 11.1. The van der Waals surface area contributed by atoms with Gasteiger partial charge in [-0.1, -0.05) is 24.3 Å². The first kappa shape index (κ1) is 24.6. The molecule has 0 fully saturated rings. The number of aliphatic hydroxyl groups is 1. The zero-order chi connectivity index (χ0) is 20.7. The molecule has 1 aromatic heterocycles. The summed E-state index contributed by atoms with van der Waals surface area (Å²) in [6.45, 7) is 6.85. The number of fused-ring (bicyclic) bond motifs is 1. The van der Waals surface area contributed by atoms with Crippen molar-refractivity contribution in [3.63, 3.8) is 0 Å². The number of hydrogen-bond acceptors (Lipinski definition) is 4. The Hall–Kier alpha value is -1.65. The fourth-order valence-electron chi connectivity index (χ4n) is 3.35. The second kappa shape index (κ2) is 11.7. The van der Waals surface area contributed by atoms with Crippen LogP contribution in [0.2, 0.25) is 0 Å². The van der Waals surface area contributed by atoms with Gasteiger partial charge in [0.15, 0.2) is 5.96 Å². The van der Waals surface area contributed by atoms with Crippen molar-refractivity contribution >= 4 is 47.2 Å². The highest BCUT2D eigenvalue weighted by Gasteiger charge is 2.24. The van der Waals surface area contributed by atoms with Gasteiger partial charge in [-0.15, -0.1) is 24.0 Å². The van der Waals surface area contributed by atoms with Crippen molar-refractivity contribution in [2.75, 3.05) is 19.6 Å². The minimum Gasteiger partial charge on any atom is -0.383 e. The average molecular weight is 542 g/mol. The van der Waals surface area contributed by atoms with E-state index in [1.54, 1.807) is 18.3 Å². The predicted molar refractivity (Wildman–Crippen MR) is 133 cm³/mol. The van der Waals surface area contributed by atoms with E-state index in [-0.39, 0.29) is 36.4 Å². The lowest BCUT2D eigenvalue weighted by Crippen LogP contribution is -2.39. The van der Waals surface area contributed by atoms with Gasteiger partial charge in [0.2, 0.25) is 5.91 Å². The van der Waals surface area contributed by atoms with Gasteiger partial charge >= 0.3 is 0 Å². The summed E-state index contributed by atoms with van der Waals surface area (Å²) in [5, 5.41) is 21.0. The third kappa shape index (κ3) is 6.68. The van der Waals surface area contributed by atoms with Crippen molar-refractivity contribution in [1.29, 1.82) is 0 Å². The van der Waals surface area contributed by atoms with E-state index in [1.165, 1.54) is 11.1 Å². The molecule has 30 heavy (non-hydrogen) atoms. The first-order chi connectivity index (χ1) is 14.0. The lowest BCUT2D eigenvalue weighted by molar-refractivity contribution is -0.131. The summed E-state index contributed by atoms with van der Waals surface area (Å²) in [7, 11) is 0. The third-order valence-corrected chi connectivity index (χ3v) is 5.77. The van der Waals surface area contributed by atoms with Crippen LogP contribution in [0.3, 0.4) is 0 Å². The Morgan fingerprint density at radius 1 is 1.23 bits per heavy atom. The first-order valence-electron chi connectivity index (χ1n) is 10.1. The zero-order valence-corrected chi connectivity index (χ0v) is 20.7. The number of halogens is 1. The van der Waals surface area contributed by atoms with Crippen LogP contribution in [-0.4, -0.2) is 41.5 Å². The number of rotatable bonds is 8. The van der Waals surface area contributed by atoms with E-state index in [4.69, 9.17) is 0 Å². The van der Waals surface area contributed by atoms with Crippen LogP contribution in [0.5, 0.6) is 0 Å². The van der Waals surface area contributed by atoms with E-state index in [9.17, 15) is 9.90 Å². The smallest absolute Gasteiger partial charge is 0.223 e. The Bertz CT molecular complexity index is 814. The van der Waals surface area contributed by atoms with E-state index in [2.05, 4.69) is 27.8 Å². The molecule has 0 aliphatic carbocycles. The molecule has 0 spiro atoms. The number of thiophene rings is 1. The average Bonchev–Trinajstić information content (AvgIpc) is 3.39. The highest BCUT2D eigenvalue weighted by Crippen LogP contribution is 2.24. The highest BCUT2D eigenvalue weighted by molar-refractivity contribution is 14.0. The third-order valence-electron chi connectivity index (χ3n) is 5.09. The van der Waals surface area contributed by atoms with Gasteiger partial charge in [0.1, 0.15) is 5.60 Å². The monoisotopic (exact) mass is 542 g/mol. The molecule has 2 heterocycles. The Kier molecular flexibility index (Phi) is 9.57. The Morgan fingerprint density at radius 2 is 1.93 bits per heavy atom. The summed E-state index contributed by atoms with van der Waals surface area (Å²) in [4.78, 5) is 18.9. The van der Waals surface area contributed by atoms with Crippen molar-refractivity contribution in [1.82, 2.24) is 15.5 Å². The molecule has 0 bridgehead atoms. The molecule has 1 aliphatic heterocycles. The van der Waals surface area contributed by atoms with Gasteiger partial charge in [-0.25, -0.2) is 4.99 Å². The van der Waals surface area contributed by atoms with Crippen LogP contribution in [0, 0.1) is 0 Å². The summed E-state index contributed by atoms with van der Waals surface area (Å²) in [6, 6.07) is 10.1. The van der Waals surface area contributed by atoms with Crippen LogP contribution < -0.4 is 10.6 Å². The van der Waals surface area contributed by atoms with Crippen molar-refractivity contribution in [3.05, 3.63) is 57.8 Å². The van der Waals surface area contributed by atoms with Crippen molar-refractivity contribution in [2.24, 2.45) is 4.99 Å². The molecule has 8 heteroatoms. The molecule has 164 valence electrons. The Balaban J connectivity index is 0.00000320. The lowest BCUT2D eigenvalue weighted by atomic mass is 10.00. The van der Waals surface area contributed by atoms with Crippen molar-refractivity contribution in [3.8, 4) is 0 Å². The number of carbonyl (C=O) groups excluding carboxylic acids is 1. The predicted octanol–water partition coefficient (Wildman–Crippen LogP) is 3.45. The molecule has 1 atom stereocenters. The van der Waals surface area contributed by atoms with Gasteiger partial charge in [-0.2, -0.15) is 11.3 Å². The van der Waals surface area contributed by atoms with Crippen molar-refractivity contribution in [2.45, 2.75) is 45.4 Å². The van der Waals surface area contributed by atoms with E-state index in [1.807, 2.05) is 40.8 Å². The summed E-state index contributed by atoms with van der Waals surface area (Å²) in [5.74, 6) is 0.842. The second-order valence-electron chi connectivity index (χ2n) is 7.53. The van der Waals surface area contributed by atoms with Crippen LogP contribution >= 0.6 is 35.3 Å². The summed E-state index contributed by atoms with van der Waals surface area (Å²) in [6.07, 6.45) is 1.24. The molecule has 6 nitrogen and oxygen atoms in total. The Morgan fingerprint density at radius 3 is 2.53 bits per heavy atom. The van der Waals surface area contributed by atoms with Crippen LogP contribution in [0.15, 0.2) is 46.1 Å². The molecule has 0 saturated carbocycles. The maximum atomic E-state index is 12.5. The molecule has 2 aromatic rings. The molecule has 3 N–H and O–H groups in total. The summed E-state index contributed by atoms with van der Waals surface area (Å²) >= 11 is 1.56. The zero-order valence-electron chi connectivity index (χ0n) is 17.6. The quantitative estimate of drug-likeness (QED) is 0.207. The van der Waals surface area contributed by atoms with E-state index >= 15 is 0 Å².